The van der Waals surface area contributed by atoms with E-state index in [0.717, 1.165) is 18.8 Å². The lowest BCUT2D eigenvalue weighted by Gasteiger charge is -2.18. The molecule has 0 saturated carbocycles. The van der Waals surface area contributed by atoms with Crippen molar-refractivity contribution in [2.24, 2.45) is 0 Å². The number of nitrogens with two attached hydrogens (primary N) is 1. The summed E-state index contributed by atoms with van der Waals surface area (Å²) in [5, 5.41) is 0. The maximum absolute atomic E-state index is 11.6. The maximum atomic E-state index is 11.6. The molecule has 0 aliphatic carbocycles. The molecule has 94 valence electrons. The number of nitrogens with one attached hydrogen (secondary N) is 1. The van der Waals surface area contributed by atoms with Crippen LogP contribution in [0.1, 0.15) is 12.8 Å². The van der Waals surface area contributed by atoms with Crippen molar-refractivity contribution < 1.29 is 8.42 Å². The molecule has 1 fully saturated rings. The fourth-order valence-electron chi connectivity index (χ4n) is 2.06. The standard InChI is InChI=1S/C11H17N3O2S/c1-13-17(15,16)11-5-4-9(8-10(11)12)14-6-2-3-7-14/h4-5,8,13H,2-3,6-7,12H2,1H3. The van der Waals surface area contributed by atoms with E-state index < -0.39 is 10.0 Å². The van der Waals surface area contributed by atoms with Crippen LogP contribution in [0.4, 0.5) is 11.4 Å². The van der Waals surface area contributed by atoms with Crippen molar-refractivity contribution in [3.8, 4) is 0 Å². The van der Waals surface area contributed by atoms with Crippen LogP contribution in [0.2, 0.25) is 0 Å². The molecule has 0 amide bonds. The van der Waals surface area contributed by atoms with Crippen molar-refractivity contribution in [1.82, 2.24) is 4.72 Å². The van der Waals surface area contributed by atoms with Crippen LogP contribution >= 0.6 is 0 Å². The fraction of sp³-hybridized carbons (Fsp3) is 0.455. The first-order valence-corrected chi connectivity index (χ1v) is 7.11. The Balaban J connectivity index is 2.35. The largest absolute Gasteiger partial charge is 0.398 e. The highest BCUT2D eigenvalue weighted by molar-refractivity contribution is 7.89. The van der Waals surface area contributed by atoms with Gasteiger partial charge in [0.1, 0.15) is 4.90 Å². The zero-order chi connectivity index (χ0) is 12.5. The molecule has 1 aliphatic heterocycles. The normalized spacial score (nSPS) is 16.4. The lowest BCUT2D eigenvalue weighted by Crippen LogP contribution is -2.21. The monoisotopic (exact) mass is 255 g/mol. The Kier molecular flexibility index (Phi) is 3.26. The van der Waals surface area contributed by atoms with Gasteiger partial charge in [0.15, 0.2) is 0 Å². The summed E-state index contributed by atoms with van der Waals surface area (Å²) in [5.41, 5.74) is 7.10. The molecule has 1 heterocycles. The fourth-order valence-corrected chi connectivity index (χ4v) is 2.90. The minimum absolute atomic E-state index is 0.142. The zero-order valence-corrected chi connectivity index (χ0v) is 10.6. The van der Waals surface area contributed by atoms with Gasteiger partial charge in [-0.25, -0.2) is 13.1 Å². The highest BCUT2D eigenvalue weighted by Gasteiger charge is 2.18. The molecular formula is C11H17N3O2S. The second-order valence-electron chi connectivity index (χ2n) is 4.12. The van der Waals surface area contributed by atoms with E-state index in [1.807, 2.05) is 6.07 Å². The van der Waals surface area contributed by atoms with Gasteiger partial charge >= 0.3 is 0 Å². The zero-order valence-electron chi connectivity index (χ0n) is 9.81. The smallest absolute Gasteiger partial charge is 0.242 e. The number of sulfonamides is 1. The van der Waals surface area contributed by atoms with E-state index >= 15 is 0 Å². The average molecular weight is 255 g/mol. The summed E-state index contributed by atoms with van der Waals surface area (Å²) in [7, 11) is -2.08. The Morgan fingerprint density at radius 1 is 1.29 bits per heavy atom. The first-order chi connectivity index (χ1) is 8.04. The van der Waals surface area contributed by atoms with E-state index in [4.69, 9.17) is 5.73 Å². The summed E-state index contributed by atoms with van der Waals surface area (Å²) in [5.74, 6) is 0. The van der Waals surface area contributed by atoms with Gasteiger partial charge in [-0.1, -0.05) is 0 Å². The third-order valence-electron chi connectivity index (χ3n) is 3.02. The van der Waals surface area contributed by atoms with Crippen LogP contribution in [0.5, 0.6) is 0 Å². The van der Waals surface area contributed by atoms with E-state index in [2.05, 4.69) is 9.62 Å². The van der Waals surface area contributed by atoms with E-state index in [0.29, 0.717) is 5.69 Å². The predicted molar refractivity (Wildman–Crippen MR) is 68.5 cm³/mol. The topological polar surface area (TPSA) is 75.4 Å². The van der Waals surface area contributed by atoms with Crippen LogP contribution in [0.3, 0.4) is 0 Å². The van der Waals surface area contributed by atoms with Crippen LogP contribution < -0.4 is 15.4 Å². The molecule has 3 N–H and O–H groups in total. The molecule has 0 unspecified atom stereocenters. The SMILES string of the molecule is CNS(=O)(=O)c1ccc(N2CCCC2)cc1N. The van der Waals surface area contributed by atoms with Crippen molar-refractivity contribution in [2.75, 3.05) is 30.8 Å². The first kappa shape index (κ1) is 12.2. The van der Waals surface area contributed by atoms with E-state index in [1.165, 1.54) is 19.9 Å². The number of hydrogen-bond donors (Lipinski definition) is 2. The van der Waals surface area contributed by atoms with Gasteiger partial charge in [-0.05, 0) is 38.1 Å². The van der Waals surface area contributed by atoms with Crippen molar-refractivity contribution in [2.45, 2.75) is 17.7 Å². The molecular weight excluding hydrogens is 238 g/mol. The highest BCUT2D eigenvalue weighted by Crippen LogP contribution is 2.26. The molecule has 0 atom stereocenters. The third-order valence-corrected chi connectivity index (χ3v) is 4.51. The average Bonchev–Trinajstić information content (AvgIpc) is 2.82. The molecule has 6 heteroatoms. The Morgan fingerprint density at radius 2 is 1.94 bits per heavy atom. The van der Waals surface area contributed by atoms with E-state index in [-0.39, 0.29) is 4.90 Å². The molecule has 17 heavy (non-hydrogen) atoms. The summed E-state index contributed by atoms with van der Waals surface area (Å²) >= 11 is 0. The van der Waals surface area contributed by atoms with Crippen LogP contribution in [-0.2, 0) is 10.0 Å². The summed E-state index contributed by atoms with van der Waals surface area (Å²) in [6, 6.07) is 5.11. The van der Waals surface area contributed by atoms with Gasteiger partial charge in [0.25, 0.3) is 0 Å². The van der Waals surface area contributed by atoms with Gasteiger partial charge in [0, 0.05) is 18.8 Å². The second-order valence-corrected chi connectivity index (χ2v) is 5.98. The number of nitrogens with zero attached hydrogens (tertiary/aromatic N) is 1. The lowest BCUT2D eigenvalue weighted by atomic mass is 10.2. The summed E-state index contributed by atoms with van der Waals surface area (Å²) in [6.45, 7) is 2.02. The van der Waals surface area contributed by atoms with Crippen molar-refractivity contribution >= 4 is 21.4 Å². The molecule has 1 aromatic carbocycles. The van der Waals surface area contributed by atoms with Crippen LogP contribution in [0, 0.1) is 0 Å². The minimum atomic E-state index is -3.46. The van der Waals surface area contributed by atoms with Crippen molar-refractivity contribution in [3.63, 3.8) is 0 Å². The molecule has 0 aromatic heterocycles. The molecule has 1 saturated heterocycles. The quantitative estimate of drug-likeness (QED) is 0.783. The molecule has 1 aromatic rings. The number of rotatable bonds is 3. The Bertz CT molecular complexity index is 507. The summed E-state index contributed by atoms with van der Waals surface area (Å²) in [4.78, 5) is 2.36. The van der Waals surface area contributed by atoms with Gasteiger partial charge in [0.05, 0.1) is 5.69 Å². The summed E-state index contributed by atoms with van der Waals surface area (Å²) in [6.07, 6.45) is 2.35. The molecule has 1 aliphatic rings. The Morgan fingerprint density at radius 3 is 2.47 bits per heavy atom. The lowest BCUT2D eigenvalue weighted by molar-refractivity contribution is 0.588. The van der Waals surface area contributed by atoms with Crippen molar-refractivity contribution in [1.29, 1.82) is 0 Å². The number of hydrogen-bond acceptors (Lipinski definition) is 4. The van der Waals surface area contributed by atoms with Crippen LogP contribution in [-0.4, -0.2) is 28.6 Å². The summed E-state index contributed by atoms with van der Waals surface area (Å²) < 4.78 is 25.6. The minimum Gasteiger partial charge on any atom is -0.398 e. The predicted octanol–water partition coefficient (Wildman–Crippen LogP) is 0.777. The van der Waals surface area contributed by atoms with E-state index in [9.17, 15) is 8.42 Å². The van der Waals surface area contributed by atoms with Crippen molar-refractivity contribution in [3.05, 3.63) is 18.2 Å². The highest BCUT2D eigenvalue weighted by atomic mass is 32.2. The Hall–Kier alpha value is -1.27. The van der Waals surface area contributed by atoms with E-state index in [1.54, 1.807) is 12.1 Å². The second kappa shape index (κ2) is 4.54. The molecule has 0 bridgehead atoms. The maximum Gasteiger partial charge on any atom is 0.242 e. The molecule has 2 rings (SSSR count). The van der Waals surface area contributed by atoms with Gasteiger partial charge in [0.2, 0.25) is 10.0 Å². The van der Waals surface area contributed by atoms with Gasteiger partial charge in [-0.15, -0.1) is 0 Å². The number of benzene rings is 1. The molecule has 0 radical (unpaired) electrons. The van der Waals surface area contributed by atoms with Crippen LogP contribution in [0.15, 0.2) is 23.1 Å². The molecule has 5 nitrogen and oxygen atoms in total. The Labute approximate surface area is 102 Å². The van der Waals surface area contributed by atoms with Gasteiger partial charge in [-0.2, -0.15) is 0 Å². The van der Waals surface area contributed by atoms with Gasteiger partial charge < -0.3 is 10.6 Å². The van der Waals surface area contributed by atoms with Crippen LogP contribution in [0.25, 0.3) is 0 Å². The molecule has 0 spiro atoms. The van der Waals surface area contributed by atoms with Gasteiger partial charge in [-0.3, -0.25) is 0 Å². The number of anilines is 2. The first-order valence-electron chi connectivity index (χ1n) is 5.62. The third kappa shape index (κ3) is 2.37. The number of nitrogen functional groups attached to an aromatic ring is 1.